The fraction of sp³-hybridized carbons (Fsp3) is 0.444. The van der Waals surface area contributed by atoms with Crippen LogP contribution in [0.5, 0.6) is 0 Å². The van der Waals surface area contributed by atoms with E-state index in [0.29, 0.717) is 6.54 Å². The molecule has 2 aromatic rings. The quantitative estimate of drug-likeness (QED) is 0.910. The highest BCUT2D eigenvalue weighted by Crippen LogP contribution is 2.19. The minimum absolute atomic E-state index is 0.138. The van der Waals surface area contributed by atoms with Gasteiger partial charge in [0.15, 0.2) is 0 Å². The number of nitrogens with zero attached hydrogens (tertiary/aromatic N) is 2. The van der Waals surface area contributed by atoms with Crippen molar-refractivity contribution in [2.24, 2.45) is 11.1 Å². The highest BCUT2D eigenvalue weighted by atomic mass is 16.2. The predicted octanol–water partition coefficient (Wildman–Crippen LogP) is 2.48. The lowest BCUT2D eigenvalue weighted by Gasteiger charge is -2.26. The van der Waals surface area contributed by atoms with Gasteiger partial charge in [0.1, 0.15) is 0 Å². The monoisotopic (exact) mass is 314 g/mol. The van der Waals surface area contributed by atoms with Gasteiger partial charge in [0, 0.05) is 12.2 Å². The number of benzene rings is 1. The van der Waals surface area contributed by atoms with Crippen LogP contribution in [0.3, 0.4) is 0 Å². The Kier molecular flexibility index (Phi) is 4.90. The zero-order valence-electron chi connectivity index (χ0n) is 14.6. The predicted molar refractivity (Wildman–Crippen MR) is 92.3 cm³/mol. The molecule has 2 rings (SSSR count). The Balaban J connectivity index is 2.19. The number of hydrogen-bond acceptors (Lipinski definition) is 3. The molecule has 3 N–H and O–H groups in total. The van der Waals surface area contributed by atoms with Crippen molar-refractivity contribution >= 4 is 5.91 Å². The Morgan fingerprint density at radius 2 is 1.96 bits per heavy atom. The van der Waals surface area contributed by atoms with Crippen LogP contribution >= 0.6 is 0 Å². The number of amides is 1. The molecule has 0 radical (unpaired) electrons. The van der Waals surface area contributed by atoms with Crippen LogP contribution in [0.4, 0.5) is 0 Å². The third kappa shape index (κ3) is 3.99. The third-order valence-electron chi connectivity index (χ3n) is 3.90. The largest absolute Gasteiger partial charge is 0.351 e. The van der Waals surface area contributed by atoms with Gasteiger partial charge in [-0.15, -0.1) is 0 Å². The zero-order chi connectivity index (χ0) is 17.2. The van der Waals surface area contributed by atoms with Crippen LogP contribution < -0.4 is 11.1 Å². The van der Waals surface area contributed by atoms with Crippen molar-refractivity contribution in [3.05, 3.63) is 47.3 Å². The molecule has 0 aliphatic heterocycles. The van der Waals surface area contributed by atoms with Gasteiger partial charge >= 0.3 is 0 Å². The summed E-state index contributed by atoms with van der Waals surface area (Å²) in [7, 11) is 0. The first kappa shape index (κ1) is 17.2. The Hall–Kier alpha value is -2.14. The van der Waals surface area contributed by atoms with Crippen molar-refractivity contribution < 1.29 is 4.79 Å². The van der Waals surface area contributed by atoms with E-state index in [1.807, 2.05) is 69.6 Å². The zero-order valence-corrected chi connectivity index (χ0v) is 14.6. The van der Waals surface area contributed by atoms with Gasteiger partial charge in [-0.2, -0.15) is 5.10 Å². The van der Waals surface area contributed by atoms with Gasteiger partial charge in [0.05, 0.1) is 17.4 Å². The minimum atomic E-state index is -0.539. The van der Waals surface area contributed by atoms with Crippen LogP contribution in [0, 0.1) is 19.3 Å². The van der Waals surface area contributed by atoms with E-state index in [-0.39, 0.29) is 11.3 Å². The van der Waals surface area contributed by atoms with Crippen LogP contribution in [-0.4, -0.2) is 21.7 Å². The van der Waals surface area contributed by atoms with E-state index in [4.69, 9.17) is 5.73 Å². The molecule has 5 nitrogen and oxygen atoms in total. The van der Waals surface area contributed by atoms with Crippen molar-refractivity contribution in [3.8, 4) is 5.69 Å². The molecule has 1 atom stereocenters. The number of carbonyl (C=O) groups is 1. The van der Waals surface area contributed by atoms with Crippen LogP contribution in [0.25, 0.3) is 5.69 Å². The summed E-state index contributed by atoms with van der Waals surface area (Å²) in [5.41, 5.74) is 9.75. The summed E-state index contributed by atoms with van der Waals surface area (Å²) < 4.78 is 1.90. The summed E-state index contributed by atoms with van der Waals surface area (Å²) in [5, 5.41) is 7.46. The van der Waals surface area contributed by atoms with Crippen molar-refractivity contribution in [2.45, 2.75) is 47.2 Å². The summed E-state index contributed by atoms with van der Waals surface area (Å²) in [5.74, 6) is -0.138. The number of nitrogens with two attached hydrogens (primary N) is 1. The van der Waals surface area contributed by atoms with E-state index in [9.17, 15) is 4.79 Å². The number of aromatic nitrogens is 2. The van der Waals surface area contributed by atoms with Crippen LogP contribution in [0.15, 0.2) is 30.3 Å². The first-order valence-corrected chi connectivity index (χ1v) is 7.85. The van der Waals surface area contributed by atoms with Crippen LogP contribution in [0.1, 0.15) is 37.7 Å². The molecule has 0 fully saturated rings. The molecule has 0 bridgehead atoms. The Morgan fingerprint density at radius 1 is 1.30 bits per heavy atom. The van der Waals surface area contributed by atoms with E-state index < -0.39 is 6.04 Å². The lowest BCUT2D eigenvalue weighted by Crippen LogP contribution is -2.48. The highest BCUT2D eigenvalue weighted by molar-refractivity contribution is 5.82. The topological polar surface area (TPSA) is 72.9 Å². The van der Waals surface area contributed by atoms with Crippen molar-refractivity contribution in [1.82, 2.24) is 15.1 Å². The third-order valence-corrected chi connectivity index (χ3v) is 3.90. The van der Waals surface area contributed by atoms with E-state index in [1.54, 1.807) is 0 Å². The van der Waals surface area contributed by atoms with Gasteiger partial charge in [-0.1, -0.05) is 39.0 Å². The highest BCUT2D eigenvalue weighted by Gasteiger charge is 2.27. The average molecular weight is 314 g/mol. The van der Waals surface area contributed by atoms with Crippen LogP contribution in [0.2, 0.25) is 0 Å². The molecule has 0 spiro atoms. The standard InChI is InChI=1S/C18H26N4O/c1-12-10-13(2)22(21-12)15-9-7-6-8-14(15)11-20-17(23)16(19)18(3,4)5/h6-10,16H,11,19H2,1-5H3,(H,20,23)/t16-/m1/s1. The number of rotatable bonds is 4. The second-order valence-corrected chi connectivity index (χ2v) is 7.03. The molecule has 0 saturated heterocycles. The van der Waals surface area contributed by atoms with Gasteiger partial charge in [0.2, 0.25) is 5.91 Å². The molecular weight excluding hydrogens is 288 g/mol. The van der Waals surface area contributed by atoms with E-state index >= 15 is 0 Å². The summed E-state index contributed by atoms with van der Waals surface area (Å²) >= 11 is 0. The van der Waals surface area contributed by atoms with Gasteiger partial charge in [-0.25, -0.2) is 4.68 Å². The average Bonchev–Trinajstić information content (AvgIpc) is 2.82. The normalized spacial score (nSPS) is 13.0. The van der Waals surface area contributed by atoms with Gasteiger partial charge in [-0.3, -0.25) is 4.79 Å². The molecule has 0 unspecified atom stereocenters. The molecule has 23 heavy (non-hydrogen) atoms. The Morgan fingerprint density at radius 3 is 2.52 bits per heavy atom. The van der Waals surface area contributed by atoms with Crippen molar-refractivity contribution in [1.29, 1.82) is 0 Å². The summed E-state index contributed by atoms with van der Waals surface area (Å²) in [6.07, 6.45) is 0. The fourth-order valence-corrected chi connectivity index (χ4v) is 2.43. The first-order valence-electron chi connectivity index (χ1n) is 7.85. The van der Waals surface area contributed by atoms with E-state index in [0.717, 1.165) is 22.6 Å². The van der Waals surface area contributed by atoms with Crippen LogP contribution in [-0.2, 0) is 11.3 Å². The molecule has 0 aliphatic rings. The molecule has 1 aromatic heterocycles. The van der Waals surface area contributed by atoms with E-state index in [1.165, 1.54) is 0 Å². The second-order valence-electron chi connectivity index (χ2n) is 7.03. The Bertz CT molecular complexity index is 697. The SMILES string of the molecule is Cc1cc(C)n(-c2ccccc2CNC(=O)[C@@H](N)C(C)(C)C)n1. The number of aryl methyl sites for hydroxylation is 2. The molecular formula is C18H26N4O. The maximum Gasteiger partial charge on any atom is 0.237 e. The van der Waals surface area contributed by atoms with Crippen molar-refractivity contribution in [2.75, 3.05) is 0 Å². The lowest BCUT2D eigenvalue weighted by molar-refractivity contribution is -0.124. The lowest BCUT2D eigenvalue weighted by atomic mass is 9.87. The second kappa shape index (κ2) is 6.54. The molecule has 5 heteroatoms. The minimum Gasteiger partial charge on any atom is -0.351 e. The Labute approximate surface area is 137 Å². The maximum absolute atomic E-state index is 12.2. The maximum atomic E-state index is 12.2. The number of carbonyl (C=O) groups excluding carboxylic acids is 1. The van der Waals surface area contributed by atoms with Gasteiger partial charge in [-0.05, 0) is 37.0 Å². The first-order chi connectivity index (χ1) is 10.7. The molecule has 1 amide bonds. The summed E-state index contributed by atoms with van der Waals surface area (Å²) in [6.45, 7) is 10.3. The number of nitrogens with one attached hydrogen (secondary N) is 1. The summed E-state index contributed by atoms with van der Waals surface area (Å²) in [4.78, 5) is 12.2. The number of hydrogen-bond donors (Lipinski definition) is 2. The van der Waals surface area contributed by atoms with Gasteiger partial charge < -0.3 is 11.1 Å². The number of para-hydroxylation sites is 1. The smallest absolute Gasteiger partial charge is 0.237 e. The summed E-state index contributed by atoms with van der Waals surface area (Å²) in [6, 6.07) is 9.42. The van der Waals surface area contributed by atoms with Crippen molar-refractivity contribution in [3.63, 3.8) is 0 Å². The fourth-order valence-electron chi connectivity index (χ4n) is 2.43. The molecule has 0 saturated carbocycles. The molecule has 124 valence electrons. The van der Waals surface area contributed by atoms with Gasteiger partial charge in [0.25, 0.3) is 0 Å². The molecule has 1 aromatic carbocycles. The van der Waals surface area contributed by atoms with E-state index in [2.05, 4.69) is 10.4 Å². The molecule has 0 aliphatic carbocycles. The molecule has 1 heterocycles.